The predicted molar refractivity (Wildman–Crippen MR) is 95.7 cm³/mol. The van der Waals surface area contributed by atoms with Crippen molar-refractivity contribution in [2.75, 3.05) is 13.1 Å². The number of rotatable bonds is 6. The monoisotopic (exact) mass is 339 g/mol. The first-order valence-electron chi connectivity index (χ1n) is 8.78. The molecule has 0 bridgehead atoms. The average Bonchev–Trinajstić information content (AvgIpc) is 3.03. The Morgan fingerprint density at radius 2 is 1.80 bits per heavy atom. The van der Waals surface area contributed by atoms with Crippen LogP contribution in [0.3, 0.4) is 0 Å². The predicted octanol–water partition coefficient (Wildman–Crippen LogP) is 3.05. The largest absolute Gasteiger partial charge is 0.449 e. The Balaban J connectivity index is 1.58. The SMILES string of the molecule is CC1CN(Cc2ccccc2CNCc2ccc(C#N)o2)CC(C)O1. The van der Waals surface area contributed by atoms with Crippen molar-refractivity contribution in [1.82, 2.24) is 10.2 Å². The van der Waals surface area contributed by atoms with E-state index in [1.54, 1.807) is 6.07 Å². The van der Waals surface area contributed by atoms with Gasteiger partial charge < -0.3 is 14.5 Å². The molecule has 0 aliphatic carbocycles. The van der Waals surface area contributed by atoms with Gasteiger partial charge >= 0.3 is 0 Å². The number of nitriles is 1. The molecule has 0 saturated carbocycles. The lowest BCUT2D eigenvalue weighted by atomic mass is 10.1. The van der Waals surface area contributed by atoms with E-state index in [-0.39, 0.29) is 12.2 Å². The summed E-state index contributed by atoms with van der Waals surface area (Å²) in [4.78, 5) is 2.46. The standard InChI is InChI=1S/C20H25N3O2/c1-15-12-23(13-16(2)24-15)14-18-6-4-3-5-17(18)10-22-11-20-8-7-19(9-21)25-20/h3-8,15-16,22H,10-14H2,1-2H3. The number of hydrogen-bond donors (Lipinski definition) is 1. The number of nitrogens with zero attached hydrogens (tertiary/aromatic N) is 2. The van der Waals surface area contributed by atoms with Crippen molar-refractivity contribution in [2.45, 2.75) is 45.7 Å². The lowest BCUT2D eigenvalue weighted by Crippen LogP contribution is -2.45. The summed E-state index contributed by atoms with van der Waals surface area (Å²) in [5, 5.41) is 12.2. The molecule has 25 heavy (non-hydrogen) atoms. The van der Waals surface area contributed by atoms with Crippen molar-refractivity contribution in [2.24, 2.45) is 0 Å². The normalized spacial score (nSPS) is 21.2. The highest BCUT2D eigenvalue weighted by Crippen LogP contribution is 2.17. The number of nitrogens with one attached hydrogen (secondary N) is 1. The molecule has 2 unspecified atom stereocenters. The van der Waals surface area contributed by atoms with E-state index in [0.717, 1.165) is 31.9 Å². The van der Waals surface area contributed by atoms with Crippen LogP contribution in [0.15, 0.2) is 40.8 Å². The summed E-state index contributed by atoms with van der Waals surface area (Å²) in [6.07, 6.45) is 0.560. The molecule has 5 nitrogen and oxygen atoms in total. The molecule has 1 aliphatic heterocycles. The van der Waals surface area contributed by atoms with E-state index in [2.05, 4.69) is 48.3 Å². The molecule has 5 heteroatoms. The fourth-order valence-corrected chi connectivity index (χ4v) is 3.39. The second-order valence-corrected chi connectivity index (χ2v) is 6.70. The van der Waals surface area contributed by atoms with Gasteiger partial charge in [0.1, 0.15) is 11.8 Å². The van der Waals surface area contributed by atoms with Crippen LogP contribution >= 0.6 is 0 Å². The van der Waals surface area contributed by atoms with Crippen molar-refractivity contribution in [1.29, 1.82) is 5.26 Å². The molecule has 0 spiro atoms. The highest BCUT2D eigenvalue weighted by molar-refractivity contribution is 5.27. The molecule has 1 aromatic heterocycles. The zero-order valence-corrected chi connectivity index (χ0v) is 14.9. The highest BCUT2D eigenvalue weighted by atomic mass is 16.5. The second-order valence-electron chi connectivity index (χ2n) is 6.70. The van der Waals surface area contributed by atoms with Crippen LogP contribution in [-0.2, 0) is 24.4 Å². The first kappa shape index (κ1) is 17.7. The average molecular weight is 339 g/mol. The Bertz CT molecular complexity index is 725. The summed E-state index contributed by atoms with van der Waals surface area (Å²) in [7, 11) is 0. The molecule has 1 N–H and O–H groups in total. The highest BCUT2D eigenvalue weighted by Gasteiger charge is 2.22. The molecule has 1 aliphatic rings. The summed E-state index contributed by atoms with van der Waals surface area (Å²) in [6.45, 7) is 8.53. The molecule has 1 fully saturated rings. The summed E-state index contributed by atoms with van der Waals surface area (Å²) >= 11 is 0. The van der Waals surface area contributed by atoms with Crippen molar-refractivity contribution >= 4 is 0 Å². The van der Waals surface area contributed by atoms with Gasteiger partial charge in [0.2, 0.25) is 5.76 Å². The second kappa shape index (κ2) is 8.30. The zero-order valence-electron chi connectivity index (χ0n) is 14.9. The van der Waals surface area contributed by atoms with Gasteiger partial charge in [0.05, 0.1) is 18.8 Å². The minimum atomic E-state index is 0.280. The van der Waals surface area contributed by atoms with Crippen LogP contribution in [0.5, 0.6) is 0 Å². The topological polar surface area (TPSA) is 61.4 Å². The van der Waals surface area contributed by atoms with Crippen LogP contribution in [0.1, 0.15) is 36.5 Å². The molecule has 0 amide bonds. The van der Waals surface area contributed by atoms with Crippen LogP contribution in [0.4, 0.5) is 0 Å². The van der Waals surface area contributed by atoms with Crippen LogP contribution in [-0.4, -0.2) is 30.2 Å². The van der Waals surface area contributed by atoms with E-state index in [4.69, 9.17) is 14.4 Å². The van der Waals surface area contributed by atoms with E-state index < -0.39 is 0 Å². The van der Waals surface area contributed by atoms with Gasteiger partial charge in [-0.15, -0.1) is 0 Å². The minimum absolute atomic E-state index is 0.280. The number of hydrogen-bond acceptors (Lipinski definition) is 5. The molecular weight excluding hydrogens is 314 g/mol. The Kier molecular flexibility index (Phi) is 5.87. The molecule has 1 aromatic carbocycles. The van der Waals surface area contributed by atoms with Crippen LogP contribution in [0.25, 0.3) is 0 Å². The van der Waals surface area contributed by atoms with Crippen LogP contribution < -0.4 is 5.32 Å². The third-order valence-electron chi connectivity index (χ3n) is 4.39. The van der Waals surface area contributed by atoms with Crippen molar-refractivity contribution in [3.63, 3.8) is 0 Å². The number of ether oxygens (including phenoxy) is 1. The van der Waals surface area contributed by atoms with E-state index in [0.29, 0.717) is 12.3 Å². The van der Waals surface area contributed by atoms with Gasteiger partial charge in [0.15, 0.2) is 0 Å². The lowest BCUT2D eigenvalue weighted by Gasteiger charge is -2.35. The summed E-state index contributed by atoms with van der Waals surface area (Å²) < 4.78 is 11.2. The molecule has 132 valence electrons. The van der Waals surface area contributed by atoms with Crippen LogP contribution in [0.2, 0.25) is 0 Å². The Morgan fingerprint density at radius 1 is 1.08 bits per heavy atom. The van der Waals surface area contributed by atoms with Crippen molar-refractivity contribution < 1.29 is 9.15 Å². The van der Waals surface area contributed by atoms with Gasteiger partial charge in [-0.3, -0.25) is 4.90 Å². The van der Waals surface area contributed by atoms with Gasteiger partial charge in [0.25, 0.3) is 0 Å². The summed E-state index contributed by atoms with van der Waals surface area (Å²) in [5.41, 5.74) is 2.63. The molecule has 2 atom stereocenters. The number of furan rings is 1. The number of benzene rings is 1. The molecular formula is C20H25N3O2. The third kappa shape index (κ3) is 4.93. The van der Waals surface area contributed by atoms with Gasteiger partial charge in [-0.05, 0) is 37.1 Å². The fraction of sp³-hybridized carbons (Fsp3) is 0.450. The fourth-order valence-electron chi connectivity index (χ4n) is 3.39. The van der Waals surface area contributed by atoms with Crippen LogP contribution in [0, 0.1) is 11.3 Å². The Morgan fingerprint density at radius 3 is 2.48 bits per heavy atom. The Hall–Kier alpha value is -2.13. The van der Waals surface area contributed by atoms with E-state index >= 15 is 0 Å². The van der Waals surface area contributed by atoms with Gasteiger partial charge in [-0.25, -0.2) is 0 Å². The molecule has 2 aromatic rings. The molecule has 2 heterocycles. The number of morpholine rings is 1. The first-order chi connectivity index (χ1) is 12.1. The van der Waals surface area contributed by atoms with Gasteiger partial charge in [0, 0.05) is 26.2 Å². The summed E-state index contributed by atoms with van der Waals surface area (Å²) in [6, 6.07) is 14.1. The van der Waals surface area contributed by atoms with E-state index in [9.17, 15) is 0 Å². The lowest BCUT2D eigenvalue weighted by molar-refractivity contribution is -0.0705. The smallest absolute Gasteiger partial charge is 0.203 e. The maximum atomic E-state index is 8.81. The van der Waals surface area contributed by atoms with Crippen molar-refractivity contribution in [3.8, 4) is 6.07 Å². The molecule has 0 radical (unpaired) electrons. The quantitative estimate of drug-likeness (QED) is 0.876. The first-order valence-corrected chi connectivity index (χ1v) is 8.78. The van der Waals surface area contributed by atoms with E-state index in [1.165, 1.54) is 11.1 Å². The zero-order chi connectivity index (χ0) is 17.6. The third-order valence-corrected chi connectivity index (χ3v) is 4.39. The molecule has 3 rings (SSSR count). The van der Waals surface area contributed by atoms with Gasteiger partial charge in [-0.1, -0.05) is 24.3 Å². The minimum Gasteiger partial charge on any atom is -0.449 e. The van der Waals surface area contributed by atoms with Gasteiger partial charge in [-0.2, -0.15) is 5.26 Å². The Labute approximate surface area is 149 Å². The summed E-state index contributed by atoms with van der Waals surface area (Å²) in [5.74, 6) is 1.14. The van der Waals surface area contributed by atoms with E-state index in [1.807, 2.05) is 12.1 Å². The maximum Gasteiger partial charge on any atom is 0.203 e. The van der Waals surface area contributed by atoms with Crippen molar-refractivity contribution in [3.05, 3.63) is 59.0 Å². The maximum absolute atomic E-state index is 8.81. The molecule has 1 saturated heterocycles.